The van der Waals surface area contributed by atoms with E-state index in [2.05, 4.69) is 0 Å². The van der Waals surface area contributed by atoms with Crippen LogP contribution < -0.4 is 0 Å². The first-order chi connectivity index (χ1) is 10.5. The van der Waals surface area contributed by atoms with Crippen LogP contribution in [0.5, 0.6) is 0 Å². The van der Waals surface area contributed by atoms with Gasteiger partial charge in [0, 0.05) is 24.7 Å². The molecular weight excluding hydrogens is 288 g/mol. The van der Waals surface area contributed by atoms with E-state index in [0.29, 0.717) is 6.54 Å². The van der Waals surface area contributed by atoms with Crippen LogP contribution in [-0.4, -0.2) is 40.9 Å². The lowest BCUT2D eigenvalue weighted by Crippen LogP contribution is -2.44. The topological polar surface area (TPSA) is 89.8 Å². The van der Waals surface area contributed by atoms with Gasteiger partial charge in [0.25, 0.3) is 11.6 Å². The molecule has 1 aromatic carbocycles. The number of carbonyl (C=O) groups is 2. The highest BCUT2D eigenvalue weighted by Crippen LogP contribution is 2.17. The summed E-state index contributed by atoms with van der Waals surface area (Å²) >= 11 is 0. The molecular formula is C15H18N2O5. The van der Waals surface area contributed by atoms with Gasteiger partial charge in [-0.15, -0.1) is 0 Å². The maximum atomic E-state index is 12.0. The number of carbonyl (C=O) groups excluding carboxylic acids is 2. The number of likely N-dealkylation sites (tertiary alicyclic amines) is 1. The minimum atomic E-state index is -0.659. The molecule has 1 aliphatic rings. The Labute approximate surface area is 128 Å². The van der Waals surface area contributed by atoms with Gasteiger partial charge in [0.05, 0.1) is 10.5 Å². The fourth-order valence-corrected chi connectivity index (χ4v) is 2.48. The van der Waals surface area contributed by atoms with E-state index in [-0.39, 0.29) is 29.8 Å². The van der Waals surface area contributed by atoms with Gasteiger partial charge < -0.3 is 9.64 Å². The minimum Gasteiger partial charge on any atom is -0.452 e. The van der Waals surface area contributed by atoms with Gasteiger partial charge in [-0.3, -0.25) is 14.9 Å². The van der Waals surface area contributed by atoms with Crippen molar-refractivity contribution < 1.29 is 19.2 Å². The molecule has 1 saturated heterocycles. The molecule has 1 heterocycles. The summed E-state index contributed by atoms with van der Waals surface area (Å²) in [5.41, 5.74) is 0.0832. The van der Waals surface area contributed by atoms with E-state index in [4.69, 9.17) is 4.74 Å². The van der Waals surface area contributed by atoms with Crippen LogP contribution >= 0.6 is 0 Å². The predicted molar refractivity (Wildman–Crippen MR) is 78.4 cm³/mol. The Kier molecular flexibility index (Phi) is 5.08. The first kappa shape index (κ1) is 15.9. The van der Waals surface area contributed by atoms with Crippen LogP contribution in [0.2, 0.25) is 0 Å². The summed E-state index contributed by atoms with van der Waals surface area (Å²) in [6.45, 7) is 2.37. The van der Waals surface area contributed by atoms with Crippen molar-refractivity contribution in [1.29, 1.82) is 0 Å². The van der Waals surface area contributed by atoms with Gasteiger partial charge in [-0.2, -0.15) is 0 Å². The number of hydrogen-bond acceptors (Lipinski definition) is 5. The molecule has 7 heteroatoms. The molecule has 7 nitrogen and oxygen atoms in total. The lowest BCUT2D eigenvalue weighted by molar-refractivity contribution is -0.384. The Morgan fingerprint density at radius 2 is 2.00 bits per heavy atom. The summed E-state index contributed by atoms with van der Waals surface area (Å²) in [6, 6.07) is 5.25. The average Bonchev–Trinajstić information content (AvgIpc) is 2.52. The molecule has 1 atom stereocenters. The molecule has 2 rings (SSSR count). The van der Waals surface area contributed by atoms with Crippen molar-refractivity contribution >= 4 is 17.6 Å². The Morgan fingerprint density at radius 3 is 2.59 bits per heavy atom. The highest BCUT2D eigenvalue weighted by atomic mass is 16.6. The molecule has 1 aliphatic heterocycles. The molecule has 1 aromatic rings. The Hall–Kier alpha value is -2.44. The number of piperidine rings is 1. The minimum absolute atomic E-state index is 0.102. The summed E-state index contributed by atoms with van der Waals surface area (Å²) in [7, 11) is 0. The summed E-state index contributed by atoms with van der Waals surface area (Å²) in [4.78, 5) is 35.6. The molecule has 0 N–H and O–H groups in total. The molecule has 1 fully saturated rings. The van der Waals surface area contributed by atoms with Crippen LogP contribution in [0.4, 0.5) is 5.69 Å². The second-order valence-electron chi connectivity index (χ2n) is 5.31. The van der Waals surface area contributed by atoms with E-state index in [1.54, 1.807) is 4.90 Å². The van der Waals surface area contributed by atoms with Gasteiger partial charge in [-0.25, -0.2) is 4.79 Å². The van der Waals surface area contributed by atoms with Crippen molar-refractivity contribution in [3.63, 3.8) is 0 Å². The molecule has 118 valence electrons. The lowest BCUT2D eigenvalue weighted by Gasteiger charge is -2.33. The molecule has 0 aromatic heterocycles. The quantitative estimate of drug-likeness (QED) is 0.483. The van der Waals surface area contributed by atoms with Crippen molar-refractivity contribution in [1.82, 2.24) is 4.90 Å². The molecule has 0 unspecified atom stereocenters. The van der Waals surface area contributed by atoms with Crippen LogP contribution in [0.3, 0.4) is 0 Å². The highest BCUT2D eigenvalue weighted by molar-refractivity contribution is 5.91. The third-order valence-electron chi connectivity index (χ3n) is 3.76. The molecule has 1 amide bonds. The number of nitrogens with zero attached hydrogens (tertiary/aromatic N) is 2. The number of esters is 1. The molecule has 0 saturated carbocycles. The number of nitro groups is 1. The van der Waals surface area contributed by atoms with Crippen LogP contribution in [0.1, 0.15) is 36.5 Å². The van der Waals surface area contributed by atoms with Gasteiger partial charge in [-0.1, -0.05) is 0 Å². The zero-order valence-corrected chi connectivity index (χ0v) is 12.4. The molecule has 0 aliphatic carbocycles. The number of ether oxygens (including phenoxy) is 1. The summed E-state index contributed by atoms with van der Waals surface area (Å²) < 4.78 is 4.99. The SMILES string of the molecule is C[C@H]1CCCCN1C(=O)COC(=O)c1ccc([N+](=O)[O-])cc1. The predicted octanol–water partition coefficient (Wildman–Crippen LogP) is 2.15. The van der Waals surface area contributed by atoms with E-state index >= 15 is 0 Å². The van der Waals surface area contributed by atoms with Crippen LogP contribution in [0, 0.1) is 10.1 Å². The number of non-ortho nitro benzene ring substituents is 1. The first-order valence-corrected chi connectivity index (χ1v) is 7.20. The second kappa shape index (κ2) is 7.02. The van der Waals surface area contributed by atoms with Crippen molar-refractivity contribution in [2.45, 2.75) is 32.2 Å². The number of rotatable bonds is 4. The Balaban J connectivity index is 1.89. The third kappa shape index (κ3) is 3.81. The highest BCUT2D eigenvalue weighted by Gasteiger charge is 2.24. The fourth-order valence-electron chi connectivity index (χ4n) is 2.48. The van der Waals surface area contributed by atoms with Gasteiger partial charge in [0.15, 0.2) is 6.61 Å². The lowest BCUT2D eigenvalue weighted by atomic mass is 10.0. The van der Waals surface area contributed by atoms with Crippen molar-refractivity contribution in [2.75, 3.05) is 13.2 Å². The largest absolute Gasteiger partial charge is 0.452 e. The maximum absolute atomic E-state index is 12.0. The average molecular weight is 306 g/mol. The van der Waals surface area contributed by atoms with E-state index in [9.17, 15) is 19.7 Å². The summed E-state index contributed by atoms with van der Waals surface area (Å²) in [5, 5.41) is 10.5. The van der Waals surface area contributed by atoms with Gasteiger partial charge in [-0.05, 0) is 38.3 Å². The van der Waals surface area contributed by atoms with Gasteiger partial charge in [0.2, 0.25) is 0 Å². The molecule has 0 bridgehead atoms. The molecule has 0 spiro atoms. The Bertz CT molecular complexity index is 570. The molecule has 22 heavy (non-hydrogen) atoms. The van der Waals surface area contributed by atoms with E-state index in [1.165, 1.54) is 24.3 Å². The fraction of sp³-hybridized carbons (Fsp3) is 0.467. The zero-order valence-electron chi connectivity index (χ0n) is 12.4. The van der Waals surface area contributed by atoms with Crippen molar-refractivity contribution in [2.24, 2.45) is 0 Å². The van der Waals surface area contributed by atoms with Crippen LogP contribution in [0.15, 0.2) is 24.3 Å². The van der Waals surface area contributed by atoms with Crippen molar-refractivity contribution in [3.8, 4) is 0 Å². The standard InChI is InChI=1S/C15H18N2O5/c1-11-4-2-3-9-16(11)14(18)10-22-15(19)12-5-7-13(8-6-12)17(20)21/h5-8,11H,2-4,9-10H2,1H3/t11-/m0/s1. The van der Waals surface area contributed by atoms with Gasteiger partial charge in [0.1, 0.15) is 0 Å². The maximum Gasteiger partial charge on any atom is 0.338 e. The number of hydrogen-bond donors (Lipinski definition) is 0. The number of benzene rings is 1. The molecule has 0 radical (unpaired) electrons. The van der Waals surface area contributed by atoms with Crippen LogP contribution in [-0.2, 0) is 9.53 Å². The first-order valence-electron chi connectivity index (χ1n) is 7.20. The number of amides is 1. The summed E-state index contributed by atoms with van der Waals surface area (Å²) in [5.74, 6) is -0.865. The smallest absolute Gasteiger partial charge is 0.338 e. The van der Waals surface area contributed by atoms with Crippen molar-refractivity contribution in [3.05, 3.63) is 39.9 Å². The summed E-state index contributed by atoms with van der Waals surface area (Å²) in [6.07, 6.45) is 3.03. The zero-order chi connectivity index (χ0) is 16.1. The number of nitro benzene ring substituents is 1. The van der Waals surface area contributed by atoms with Crippen LogP contribution in [0.25, 0.3) is 0 Å². The second-order valence-corrected chi connectivity index (χ2v) is 5.31. The van der Waals surface area contributed by atoms with E-state index in [1.807, 2.05) is 6.92 Å². The van der Waals surface area contributed by atoms with E-state index < -0.39 is 10.9 Å². The Morgan fingerprint density at radius 1 is 1.32 bits per heavy atom. The monoisotopic (exact) mass is 306 g/mol. The third-order valence-corrected chi connectivity index (χ3v) is 3.76. The normalized spacial score (nSPS) is 17.9. The van der Waals surface area contributed by atoms with E-state index in [0.717, 1.165) is 19.3 Å². The van der Waals surface area contributed by atoms with Gasteiger partial charge >= 0.3 is 5.97 Å².